The number of nitrogens with one attached hydrogen (secondary N) is 1. The molecule has 0 aliphatic rings. The summed E-state index contributed by atoms with van der Waals surface area (Å²) in [5, 5.41) is 3.38. The number of hydrogen-bond acceptors (Lipinski definition) is 2. The van der Waals surface area contributed by atoms with Crippen molar-refractivity contribution in [1.82, 2.24) is 0 Å². The van der Waals surface area contributed by atoms with E-state index >= 15 is 0 Å². The van der Waals surface area contributed by atoms with E-state index in [0.29, 0.717) is 0 Å². The molecule has 0 aliphatic carbocycles. The molecule has 0 spiro atoms. The quantitative estimate of drug-likeness (QED) is 0.691. The summed E-state index contributed by atoms with van der Waals surface area (Å²) in [5.74, 6) is 0. The van der Waals surface area contributed by atoms with Crippen LogP contribution in [0.3, 0.4) is 0 Å². The van der Waals surface area contributed by atoms with Crippen LogP contribution in [0.1, 0.15) is 61.1 Å². The number of nitrogens with two attached hydrogens (primary N) is 1. The van der Waals surface area contributed by atoms with Crippen LogP contribution in [-0.4, -0.2) is 7.05 Å². The first-order valence-corrected chi connectivity index (χ1v) is 9.30. The van der Waals surface area contributed by atoms with Crippen LogP contribution < -0.4 is 11.1 Å². The smallest absolute Gasteiger partial charge is 0.0402 e. The number of benzene rings is 2. The minimum absolute atomic E-state index is 0.976. The van der Waals surface area contributed by atoms with Gasteiger partial charge in [-0.2, -0.15) is 0 Å². The number of rotatable bonds is 7. The molecule has 24 heavy (non-hydrogen) atoms. The largest absolute Gasteiger partial charge is 0.398 e. The minimum atomic E-state index is 0.976. The summed E-state index contributed by atoms with van der Waals surface area (Å²) in [6, 6.07) is 9.30. The third-order valence-electron chi connectivity index (χ3n) is 4.95. The second-order valence-electron chi connectivity index (χ2n) is 6.46. The zero-order chi connectivity index (χ0) is 17.7. The predicted octanol–water partition coefficient (Wildman–Crippen LogP) is 5.15. The average Bonchev–Trinajstić information content (AvgIpc) is 2.61. The molecule has 0 saturated heterocycles. The van der Waals surface area contributed by atoms with Crippen molar-refractivity contribution in [3.05, 3.63) is 57.6 Å². The van der Waals surface area contributed by atoms with Crippen molar-refractivity contribution in [2.45, 2.75) is 59.8 Å². The molecule has 0 heterocycles. The first-order valence-electron chi connectivity index (χ1n) is 9.30. The number of nitrogen functional groups attached to an aromatic ring is 1. The predicted molar refractivity (Wildman–Crippen MR) is 107 cm³/mol. The standard InChI is InChI=1S/C22H32N2/c1-6-17-11-15(12-18(7-2)21(17)23)10-16-13-19(8-3)22(24-5)20(9-4)14-16/h11-14,24H,6-10,23H2,1-5H3. The van der Waals surface area contributed by atoms with Gasteiger partial charge in [0.15, 0.2) is 0 Å². The van der Waals surface area contributed by atoms with Gasteiger partial charge in [-0.3, -0.25) is 0 Å². The summed E-state index contributed by atoms with van der Waals surface area (Å²) in [5.41, 5.74) is 16.7. The molecule has 0 fully saturated rings. The lowest BCUT2D eigenvalue weighted by Gasteiger charge is -2.17. The van der Waals surface area contributed by atoms with Crippen LogP contribution in [0.5, 0.6) is 0 Å². The molecule has 2 rings (SSSR count). The fourth-order valence-electron chi connectivity index (χ4n) is 3.59. The van der Waals surface area contributed by atoms with Gasteiger partial charge >= 0.3 is 0 Å². The fourth-order valence-corrected chi connectivity index (χ4v) is 3.59. The summed E-state index contributed by atoms with van der Waals surface area (Å²) in [7, 11) is 2.02. The molecule has 0 aromatic heterocycles. The van der Waals surface area contributed by atoms with Crippen LogP contribution in [0.4, 0.5) is 11.4 Å². The molecule has 2 aromatic carbocycles. The maximum absolute atomic E-state index is 6.29. The van der Waals surface area contributed by atoms with Gasteiger partial charge in [-0.25, -0.2) is 0 Å². The van der Waals surface area contributed by atoms with Gasteiger partial charge in [-0.1, -0.05) is 52.0 Å². The molecule has 3 N–H and O–H groups in total. The van der Waals surface area contributed by atoms with Gasteiger partial charge in [0.25, 0.3) is 0 Å². The summed E-state index contributed by atoms with van der Waals surface area (Å²) in [4.78, 5) is 0. The molecule has 0 amide bonds. The first kappa shape index (κ1) is 18.4. The van der Waals surface area contributed by atoms with E-state index in [1.165, 1.54) is 39.1 Å². The van der Waals surface area contributed by atoms with Gasteiger partial charge in [-0.05, 0) is 65.5 Å². The van der Waals surface area contributed by atoms with Crippen molar-refractivity contribution in [3.8, 4) is 0 Å². The highest BCUT2D eigenvalue weighted by Crippen LogP contribution is 2.28. The zero-order valence-electron chi connectivity index (χ0n) is 15.9. The molecule has 0 saturated carbocycles. The summed E-state index contributed by atoms with van der Waals surface area (Å²) in [6.45, 7) is 8.82. The lowest BCUT2D eigenvalue weighted by atomic mass is 9.93. The lowest BCUT2D eigenvalue weighted by Crippen LogP contribution is -2.04. The Labute approximate surface area is 147 Å². The van der Waals surface area contributed by atoms with Crippen LogP contribution in [0.25, 0.3) is 0 Å². The van der Waals surface area contributed by atoms with Crippen molar-refractivity contribution >= 4 is 11.4 Å². The zero-order valence-corrected chi connectivity index (χ0v) is 15.9. The van der Waals surface area contributed by atoms with Gasteiger partial charge in [0.2, 0.25) is 0 Å². The monoisotopic (exact) mass is 324 g/mol. The van der Waals surface area contributed by atoms with Crippen molar-refractivity contribution in [2.24, 2.45) is 0 Å². The van der Waals surface area contributed by atoms with E-state index in [9.17, 15) is 0 Å². The highest BCUT2D eigenvalue weighted by molar-refractivity contribution is 5.60. The Hall–Kier alpha value is -1.96. The molecule has 2 nitrogen and oxygen atoms in total. The lowest BCUT2D eigenvalue weighted by molar-refractivity contribution is 1.04. The van der Waals surface area contributed by atoms with Crippen LogP contribution >= 0.6 is 0 Å². The highest BCUT2D eigenvalue weighted by Gasteiger charge is 2.10. The molecule has 0 atom stereocenters. The van der Waals surface area contributed by atoms with Gasteiger partial charge in [0.05, 0.1) is 0 Å². The van der Waals surface area contributed by atoms with E-state index in [1.807, 2.05) is 7.05 Å². The molecular formula is C22H32N2. The Morgan fingerprint density at radius 2 is 1.08 bits per heavy atom. The van der Waals surface area contributed by atoms with Crippen molar-refractivity contribution in [1.29, 1.82) is 0 Å². The molecular weight excluding hydrogens is 292 g/mol. The molecule has 2 heteroatoms. The highest BCUT2D eigenvalue weighted by atomic mass is 14.8. The van der Waals surface area contributed by atoms with Gasteiger partial charge in [-0.15, -0.1) is 0 Å². The molecule has 0 aliphatic heterocycles. The number of anilines is 2. The van der Waals surface area contributed by atoms with Gasteiger partial charge in [0.1, 0.15) is 0 Å². The van der Waals surface area contributed by atoms with E-state index in [0.717, 1.165) is 37.8 Å². The Balaban J connectivity index is 2.44. The second kappa shape index (κ2) is 8.23. The van der Waals surface area contributed by atoms with E-state index in [4.69, 9.17) is 5.73 Å². The number of hydrogen-bond donors (Lipinski definition) is 2. The van der Waals surface area contributed by atoms with Crippen molar-refractivity contribution in [3.63, 3.8) is 0 Å². The average molecular weight is 325 g/mol. The normalized spacial score (nSPS) is 10.9. The van der Waals surface area contributed by atoms with Crippen LogP contribution in [-0.2, 0) is 32.1 Å². The second-order valence-corrected chi connectivity index (χ2v) is 6.46. The topological polar surface area (TPSA) is 38.0 Å². The van der Waals surface area contributed by atoms with E-state index in [-0.39, 0.29) is 0 Å². The Kier molecular flexibility index (Phi) is 6.30. The molecule has 130 valence electrons. The Morgan fingerprint density at radius 3 is 1.42 bits per heavy atom. The van der Waals surface area contributed by atoms with Crippen LogP contribution in [0.15, 0.2) is 24.3 Å². The first-order chi connectivity index (χ1) is 11.6. The third-order valence-corrected chi connectivity index (χ3v) is 4.95. The third kappa shape index (κ3) is 3.75. The summed E-state index contributed by atoms with van der Waals surface area (Å²) < 4.78 is 0. The van der Waals surface area contributed by atoms with Crippen LogP contribution in [0, 0.1) is 0 Å². The maximum atomic E-state index is 6.29. The summed E-state index contributed by atoms with van der Waals surface area (Å²) in [6.07, 6.45) is 5.07. The molecule has 0 radical (unpaired) electrons. The molecule has 0 unspecified atom stereocenters. The summed E-state index contributed by atoms with van der Waals surface area (Å²) >= 11 is 0. The van der Waals surface area contributed by atoms with Gasteiger partial charge in [0, 0.05) is 18.4 Å². The number of aryl methyl sites for hydroxylation is 4. The van der Waals surface area contributed by atoms with Crippen molar-refractivity contribution in [2.75, 3.05) is 18.1 Å². The SMILES string of the molecule is CCc1cc(Cc2cc(CC)c(NC)c(CC)c2)cc(CC)c1N. The maximum Gasteiger partial charge on any atom is 0.0402 e. The van der Waals surface area contributed by atoms with E-state index < -0.39 is 0 Å². The Bertz CT molecular complexity index is 651. The van der Waals surface area contributed by atoms with Crippen LogP contribution in [0.2, 0.25) is 0 Å². The molecule has 2 aromatic rings. The minimum Gasteiger partial charge on any atom is -0.398 e. The van der Waals surface area contributed by atoms with Gasteiger partial charge < -0.3 is 11.1 Å². The van der Waals surface area contributed by atoms with E-state index in [2.05, 4.69) is 57.3 Å². The fraction of sp³-hybridized carbons (Fsp3) is 0.455. The van der Waals surface area contributed by atoms with E-state index in [1.54, 1.807) is 0 Å². The molecule has 0 bridgehead atoms. The Morgan fingerprint density at radius 1 is 0.708 bits per heavy atom. The van der Waals surface area contributed by atoms with Crippen molar-refractivity contribution < 1.29 is 0 Å².